The van der Waals surface area contributed by atoms with Gasteiger partial charge in [-0.1, -0.05) is 6.07 Å². The number of rotatable bonds is 4. The molecule has 1 aromatic carbocycles. The Morgan fingerprint density at radius 1 is 1.12 bits per heavy atom. The third kappa shape index (κ3) is 2.56. The predicted molar refractivity (Wildman–Crippen MR) is 82.7 cm³/mol. The zero-order valence-corrected chi connectivity index (χ0v) is 12.2. The molecule has 0 amide bonds. The number of benzene rings is 1. The number of aromatic nitrogens is 6. The van der Waals surface area contributed by atoms with E-state index < -0.39 is 11.6 Å². The lowest BCUT2D eigenvalue weighted by atomic mass is 10.2. The minimum atomic E-state index is -0.621. The second-order valence-electron chi connectivity index (χ2n) is 5.09. The summed E-state index contributed by atoms with van der Waals surface area (Å²) >= 11 is 0. The van der Waals surface area contributed by atoms with E-state index in [0.29, 0.717) is 22.7 Å². The molecule has 7 nitrogen and oxygen atoms in total. The van der Waals surface area contributed by atoms with E-state index in [4.69, 9.17) is 0 Å². The highest BCUT2D eigenvalue weighted by atomic mass is 19.1. The summed E-state index contributed by atoms with van der Waals surface area (Å²) in [5.74, 6) is -0.909. The molecule has 24 heavy (non-hydrogen) atoms. The van der Waals surface area contributed by atoms with Gasteiger partial charge in [-0.15, -0.1) is 0 Å². The monoisotopic (exact) mass is 327 g/mol. The Bertz CT molecular complexity index is 974. The summed E-state index contributed by atoms with van der Waals surface area (Å²) in [6, 6.07) is 3.75. The first-order chi connectivity index (χ1) is 11.7. The van der Waals surface area contributed by atoms with Gasteiger partial charge in [-0.25, -0.2) is 18.4 Å². The normalized spacial score (nSPS) is 11.1. The molecule has 4 rings (SSSR count). The average molecular weight is 327 g/mol. The summed E-state index contributed by atoms with van der Waals surface area (Å²) in [6.07, 6.45) is 6.38. The first-order valence-electron chi connectivity index (χ1n) is 7.08. The first kappa shape index (κ1) is 14.2. The molecule has 9 heteroatoms. The minimum Gasteiger partial charge on any atom is -0.321 e. The number of hydrogen-bond donors (Lipinski definition) is 2. The highest BCUT2D eigenvalue weighted by Gasteiger charge is 2.13. The van der Waals surface area contributed by atoms with E-state index in [1.807, 2.05) is 0 Å². The van der Waals surface area contributed by atoms with Crippen molar-refractivity contribution >= 4 is 22.7 Å². The van der Waals surface area contributed by atoms with Crippen molar-refractivity contribution in [3.63, 3.8) is 0 Å². The number of H-pyrrole nitrogens is 1. The van der Waals surface area contributed by atoms with Crippen LogP contribution in [0.3, 0.4) is 0 Å². The molecule has 0 bridgehead atoms. The summed E-state index contributed by atoms with van der Waals surface area (Å²) in [6.45, 7) is -0.0653. The van der Waals surface area contributed by atoms with Crippen LogP contribution < -0.4 is 5.32 Å². The van der Waals surface area contributed by atoms with Crippen LogP contribution in [0.1, 0.15) is 5.56 Å². The van der Waals surface area contributed by atoms with E-state index in [2.05, 4.69) is 30.6 Å². The Kier molecular flexibility index (Phi) is 3.38. The maximum absolute atomic E-state index is 13.8. The molecule has 4 aromatic rings. The smallest absolute Gasteiger partial charge is 0.229 e. The second-order valence-corrected chi connectivity index (χ2v) is 5.09. The van der Waals surface area contributed by atoms with Gasteiger partial charge in [0.25, 0.3) is 0 Å². The number of fused-ring (bicyclic) bond motifs is 1. The maximum Gasteiger partial charge on any atom is 0.229 e. The molecule has 0 fully saturated rings. The molecule has 120 valence electrons. The van der Waals surface area contributed by atoms with Crippen LogP contribution in [0.2, 0.25) is 0 Å². The Hall–Kier alpha value is -3.36. The van der Waals surface area contributed by atoms with Gasteiger partial charge in [0.15, 0.2) is 5.65 Å². The lowest BCUT2D eigenvalue weighted by Crippen LogP contribution is -2.07. The number of aromatic amines is 1. The van der Waals surface area contributed by atoms with Gasteiger partial charge in [-0.2, -0.15) is 15.2 Å². The Labute approximate surface area is 134 Å². The number of anilines is 2. The molecule has 0 saturated carbocycles. The van der Waals surface area contributed by atoms with Crippen LogP contribution in [0.25, 0.3) is 11.0 Å². The van der Waals surface area contributed by atoms with Crippen LogP contribution in [0.15, 0.2) is 43.0 Å². The van der Waals surface area contributed by atoms with Crippen molar-refractivity contribution in [3.05, 3.63) is 60.2 Å². The van der Waals surface area contributed by atoms with Gasteiger partial charge in [0.2, 0.25) is 5.95 Å². The van der Waals surface area contributed by atoms with Crippen molar-refractivity contribution in [1.29, 1.82) is 0 Å². The molecular weight excluding hydrogens is 316 g/mol. The summed E-state index contributed by atoms with van der Waals surface area (Å²) < 4.78 is 29.1. The molecule has 0 saturated heterocycles. The fraction of sp³-hybridized carbons (Fsp3) is 0.0667. The highest BCUT2D eigenvalue weighted by molar-refractivity contribution is 5.75. The van der Waals surface area contributed by atoms with E-state index in [9.17, 15) is 8.78 Å². The molecule has 2 N–H and O–H groups in total. The molecule has 0 spiro atoms. The van der Waals surface area contributed by atoms with Crippen molar-refractivity contribution < 1.29 is 8.78 Å². The van der Waals surface area contributed by atoms with Gasteiger partial charge < -0.3 is 5.32 Å². The van der Waals surface area contributed by atoms with Crippen molar-refractivity contribution in [2.75, 3.05) is 5.32 Å². The molecule has 0 aliphatic rings. The molecule has 3 heterocycles. The van der Waals surface area contributed by atoms with E-state index in [1.165, 1.54) is 22.9 Å². The molecule has 0 aliphatic heterocycles. The maximum atomic E-state index is 13.8. The fourth-order valence-electron chi connectivity index (χ4n) is 2.32. The van der Waals surface area contributed by atoms with Crippen LogP contribution >= 0.6 is 0 Å². The van der Waals surface area contributed by atoms with Crippen LogP contribution in [-0.4, -0.2) is 29.9 Å². The molecule has 0 unspecified atom stereocenters. The quantitative estimate of drug-likeness (QED) is 0.602. The van der Waals surface area contributed by atoms with Gasteiger partial charge in [-0.05, 0) is 12.1 Å². The summed E-state index contributed by atoms with van der Waals surface area (Å²) in [7, 11) is 0. The number of hydrogen-bond acceptors (Lipinski definition) is 5. The van der Waals surface area contributed by atoms with Gasteiger partial charge in [0.1, 0.15) is 11.6 Å². The zero-order chi connectivity index (χ0) is 16.5. The van der Waals surface area contributed by atoms with Crippen LogP contribution in [0, 0.1) is 11.6 Å². The fourth-order valence-corrected chi connectivity index (χ4v) is 2.32. The summed E-state index contributed by atoms with van der Waals surface area (Å²) in [5.41, 5.74) is 1.10. The van der Waals surface area contributed by atoms with Gasteiger partial charge in [-0.3, -0.25) is 5.10 Å². The number of nitrogens with one attached hydrogen (secondary N) is 2. The van der Waals surface area contributed by atoms with Crippen molar-refractivity contribution in [2.24, 2.45) is 0 Å². The lowest BCUT2D eigenvalue weighted by Gasteiger charge is -2.07. The zero-order valence-electron chi connectivity index (χ0n) is 12.2. The summed E-state index contributed by atoms with van der Waals surface area (Å²) in [4.78, 5) is 8.53. The molecular formula is C15H11F2N7. The Balaban J connectivity index is 1.71. The highest BCUT2D eigenvalue weighted by Crippen LogP contribution is 2.18. The standard InChI is InChI=1S/C15H11F2N7/c16-12-2-1-3-13(17)11(12)8-24-14-9(5-21-24)4-18-15(23-14)22-10-6-19-20-7-10/h1-7H,8H2,(H,19,20)(H,18,22,23). The third-order valence-corrected chi connectivity index (χ3v) is 3.50. The molecule has 3 aromatic heterocycles. The molecule has 0 radical (unpaired) electrons. The number of halogens is 2. The van der Waals surface area contributed by atoms with Crippen molar-refractivity contribution in [2.45, 2.75) is 6.54 Å². The summed E-state index contributed by atoms with van der Waals surface area (Å²) in [5, 5.41) is 14.3. The van der Waals surface area contributed by atoms with E-state index in [-0.39, 0.29) is 12.1 Å². The van der Waals surface area contributed by atoms with E-state index in [0.717, 1.165) is 0 Å². The van der Waals surface area contributed by atoms with E-state index in [1.54, 1.807) is 24.8 Å². The molecule has 0 aliphatic carbocycles. The van der Waals surface area contributed by atoms with Crippen LogP contribution in [-0.2, 0) is 6.54 Å². The minimum absolute atomic E-state index is 0.0644. The lowest BCUT2D eigenvalue weighted by molar-refractivity contribution is 0.536. The van der Waals surface area contributed by atoms with Gasteiger partial charge >= 0.3 is 0 Å². The Morgan fingerprint density at radius 3 is 2.71 bits per heavy atom. The Morgan fingerprint density at radius 2 is 1.96 bits per heavy atom. The SMILES string of the molecule is Fc1cccc(F)c1Cn1ncc2cnc(Nc3cn[nH]c3)nc21. The van der Waals surface area contributed by atoms with Crippen LogP contribution in [0.5, 0.6) is 0 Å². The average Bonchev–Trinajstić information content (AvgIpc) is 3.21. The van der Waals surface area contributed by atoms with Crippen molar-refractivity contribution in [1.82, 2.24) is 29.9 Å². The first-order valence-corrected chi connectivity index (χ1v) is 7.08. The second kappa shape index (κ2) is 5.69. The van der Waals surface area contributed by atoms with Crippen molar-refractivity contribution in [3.8, 4) is 0 Å². The van der Waals surface area contributed by atoms with Gasteiger partial charge in [0.05, 0.1) is 30.0 Å². The van der Waals surface area contributed by atoms with Crippen LogP contribution in [0.4, 0.5) is 20.4 Å². The topological polar surface area (TPSA) is 84.3 Å². The molecule has 0 atom stereocenters. The predicted octanol–water partition coefficient (Wildman–Crippen LogP) is 2.62. The largest absolute Gasteiger partial charge is 0.321 e. The van der Waals surface area contributed by atoms with E-state index >= 15 is 0 Å². The third-order valence-electron chi connectivity index (χ3n) is 3.50. The number of nitrogens with zero attached hydrogens (tertiary/aromatic N) is 5. The van der Waals surface area contributed by atoms with Gasteiger partial charge in [0, 0.05) is 18.0 Å².